The molecule has 0 aliphatic carbocycles. The minimum absolute atomic E-state index is 1.06. The SMILES string of the molecule is C#Cc1cc(CCCCCCCC)c(-c2cccs2)s1. The van der Waals surface area contributed by atoms with Gasteiger partial charge in [-0.2, -0.15) is 0 Å². The Bertz CT molecular complexity index is 540. The molecule has 0 saturated carbocycles. The van der Waals surface area contributed by atoms with E-state index in [1.54, 1.807) is 22.7 Å². The van der Waals surface area contributed by atoms with Crippen molar-refractivity contribution in [2.75, 3.05) is 0 Å². The third-order valence-corrected chi connectivity index (χ3v) is 5.65. The van der Waals surface area contributed by atoms with E-state index >= 15 is 0 Å². The monoisotopic (exact) mass is 302 g/mol. The van der Waals surface area contributed by atoms with Crippen LogP contribution >= 0.6 is 22.7 Å². The normalized spacial score (nSPS) is 10.6. The molecule has 106 valence electrons. The molecular formula is C18H22S2. The molecule has 20 heavy (non-hydrogen) atoms. The Labute approximate surface area is 130 Å². The highest BCUT2D eigenvalue weighted by atomic mass is 32.1. The molecule has 0 radical (unpaired) electrons. The van der Waals surface area contributed by atoms with Gasteiger partial charge in [-0.15, -0.1) is 29.1 Å². The van der Waals surface area contributed by atoms with Crippen LogP contribution in [0.3, 0.4) is 0 Å². The standard InChI is InChI=1S/C18H22S2/c1-3-5-6-7-8-9-11-15-14-16(4-2)20-18(15)17-12-10-13-19-17/h2,10,12-14H,3,5-9,11H2,1H3. The van der Waals surface area contributed by atoms with Gasteiger partial charge < -0.3 is 0 Å². The van der Waals surface area contributed by atoms with Crippen molar-refractivity contribution in [1.82, 2.24) is 0 Å². The van der Waals surface area contributed by atoms with E-state index in [0.717, 1.165) is 11.3 Å². The molecule has 0 aliphatic rings. The molecule has 2 rings (SSSR count). The van der Waals surface area contributed by atoms with Crippen molar-refractivity contribution in [1.29, 1.82) is 0 Å². The van der Waals surface area contributed by atoms with Crippen molar-refractivity contribution in [2.24, 2.45) is 0 Å². The summed E-state index contributed by atoms with van der Waals surface area (Å²) in [7, 11) is 0. The molecule has 0 aliphatic heterocycles. The Balaban J connectivity index is 1.94. The molecule has 0 bridgehead atoms. The van der Waals surface area contributed by atoms with E-state index in [2.05, 4.69) is 36.4 Å². The van der Waals surface area contributed by atoms with Crippen molar-refractivity contribution in [3.63, 3.8) is 0 Å². The lowest BCUT2D eigenvalue weighted by molar-refractivity contribution is 0.608. The Morgan fingerprint density at radius 1 is 1.15 bits per heavy atom. The number of rotatable bonds is 8. The van der Waals surface area contributed by atoms with Crippen LogP contribution in [0.1, 0.15) is 55.9 Å². The minimum Gasteiger partial charge on any atom is -0.143 e. The molecule has 0 atom stereocenters. The van der Waals surface area contributed by atoms with Crippen LogP contribution in [0.15, 0.2) is 23.6 Å². The topological polar surface area (TPSA) is 0 Å². The highest BCUT2D eigenvalue weighted by Crippen LogP contribution is 2.36. The predicted octanol–water partition coefficient (Wildman–Crippen LogP) is 6.36. The molecule has 2 aromatic heterocycles. The fourth-order valence-corrected chi connectivity index (χ4v) is 4.31. The number of thiophene rings is 2. The second-order valence-corrected chi connectivity index (χ2v) is 7.10. The average Bonchev–Trinajstić information content (AvgIpc) is 3.11. The minimum atomic E-state index is 1.06. The summed E-state index contributed by atoms with van der Waals surface area (Å²) in [6, 6.07) is 6.52. The fourth-order valence-electron chi connectivity index (χ4n) is 2.40. The van der Waals surface area contributed by atoms with Gasteiger partial charge >= 0.3 is 0 Å². The summed E-state index contributed by atoms with van der Waals surface area (Å²) >= 11 is 3.57. The zero-order chi connectivity index (χ0) is 14.2. The smallest absolute Gasteiger partial charge is 0.0775 e. The van der Waals surface area contributed by atoms with E-state index in [1.165, 1.54) is 53.8 Å². The van der Waals surface area contributed by atoms with E-state index in [1.807, 2.05) is 0 Å². The maximum atomic E-state index is 5.56. The number of terminal acetylenes is 1. The molecule has 0 amide bonds. The molecule has 0 N–H and O–H groups in total. The van der Waals surface area contributed by atoms with E-state index < -0.39 is 0 Å². The lowest BCUT2D eigenvalue weighted by Crippen LogP contribution is -1.86. The molecule has 2 heteroatoms. The number of hydrogen-bond donors (Lipinski definition) is 0. The molecule has 0 aromatic carbocycles. The van der Waals surface area contributed by atoms with Gasteiger partial charge in [0.2, 0.25) is 0 Å². The van der Waals surface area contributed by atoms with Crippen molar-refractivity contribution >= 4 is 22.7 Å². The summed E-state index contributed by atoms with van der Waals surface area (Å²) in [5, 5.41) is 2.14. The molecule has 2 aromatic rings. The summed E-state index contributed by atoms with van der Waals surface area (Å²) in [6.45, 7) is 2.26. The first-order chi connectivity index (χ1) is 9.85. The van der Waals surface area contributed by atoms with Crippen molar-refractivity contribution in [2.45, 2.75) is 51.9 Å². The first-order valence-electron chi connectivity index (χ1n) is 7.48. The molecular weight excluding hydrogens is 280 g/mol. The zero-order valence-electron chi connectivity index (χ0n) is 12.2. The van der Waals surface area contributed by atoms with Gasteiger partial charge in [-0.1, -0.05) is 51.0 Å². The largest absolute Gasteiger partial charge is 0.143 e. The van der Waals surface area contributed by atoms with Crippen molar-refractivity contribution < 1.29 is 0 Å². The summed E-state index contributed by atoms with van der Waals surface area (Å²) in [5.41, 5.74) is 1.45. The first-order valence-corrected chi connectivity index (χ1v) is 9.18. The summed E-state index contributed by atoms with van der Waals surface area (Å²) in [6.07, 6.45) is 14.8. The predicted molar refractivity (Wildman–Crippen MR) is 92.6 cm³/mol. The van der Waals surface area contributed by atoms with E-state index in [9.17, 15) is 0 Å². The Kier molecular flexibility index (Phi) is 6.36. The van der Waals surface area contributed by atoms with Crippen LogP contribution in [0.4, 0.5) is 0 Å². The Morgan fingerprint density at radius 2 is 1.95 bits per heavy atom. The molecule has 0 spiro atoms. The van der Waals surface area contributed by atoms with Crippen LogP contribution in [0.5, 0.6) is 0 Å². The van der Waals surface area contributed by atoms with Crippen LogP contribution in [0.25, 0.3) is 9.75 Å². The van der Waals surface area contributed by atoms with Gasteiger partial charge in [0.1, 0.15) is 0 Å². The molecule has 0 unspecified atom stereocenters. The van der Waals surface area contributed by atoms with Gasteiger partial charge in [0, 0.05) is 9.75 Å². The molecule has 0 saturated heterocycles. The Hall–Kier alpha value is -1.04. The van der Waals surface area contributed by atoms with Crippen LogP contribution < -0.4 is 0 Å². The van der Waals surface area contributed by atoms with E-state index in [0.29, 0.717) is 0 Å². The number of hydrogen-bond acceptors (Lipinski definition) is 2. The molecule has 2 heterocycles. The Morgan fingerprint density at radius 3 is 2.65 bits per heavy atom. The molecule has 0 fully saturated rings. The second-order valence-electron chi connectivity index (χ2n) is 5.10. The van der Waals surface area contributed by atoms with Crippen LogP contribution in [0.2, 0.25) is 0 Å². The highest BCUT2D eigenvalue weighted by molar-refractivity contribution is 7.21. The van der Waals surface area contributed by atoms with Gasteiger partial charge in [-0.25, -0.2) is 0 Å². The maximum Gasteiger partial charge on any atom is 0.0775 e. The first kappa shape index (κ1) is 15.4. The number of aryl methyl sites for hydroxylation is 1. The van der Waals surface area contributed by atoms with E-state index in [-0.39, 0.29) is 0 Å². The fraction of sp³-hybridized carbons (Fsp3) is 0.444. The van der Waals surface area contributed by atoms with Gasteiger partial charge in [-0.3, -0.25) is 0 Å². The van der Waals surface area contributed by atoms with Crippen LogP contribution in [-0.2, 0) is 6.42 Å². The number of unbranched alkanes of at least 4 members (excludes halogenated alkanes) is 5. The third-order valence-electron chi connectivity index (χ3n) is 3.50. The highest BCUT2D eigenvalue weighted by Gasteiger charge is 2.10. The van der Waals surface area contributed by atoms with E-state index in [4.69, 9.17) is 6.42 Å². The zero-order valence-corrected chi connectivity index (χ0v) is 13.8. The van der Waals surface area contributed by atoms with Gasteiger partial charge in [0.15, 0.2) is 0 Å². The summed E-state index contributed by atoms with van der Waals surface area (Å²) in [4.78, 5) is 3.81. The molecule has 0 nitrogen and oxygen atoms in total. The maximum absolute atomic E-state index is 5.56. The lowest BCUT2D eigenvalue weighted by atomic mass is 10.0. The quantitative estimate of drug-likeness (QED) is 0.393. The van der Waals surface area contributed by atoms with Crippen molar-refractivity contribution in [3.8, 4) is 22.1 Å². The van der Waals surface area contributed by atoms with Crippen LogP contribution in [-0.4, -0.2) is 0 Å². The lowest BCUT2D eigenvalue weighted by Gasteiger charge is -2.02. The van der Waals surface area contributed by atoms with Gasteiger partial charge in [0.25, 0.3) is 0 Å². The second kappa shape index (κ2) is 8.29. The van der Waals surface area contributed by atoms with Gasteiger partial charge in [-0.05, 0) is 35.9 Å². The summed E-state index contributed by atoms with van der Waals surface area (Å²) in [5.74, 6) is 2.79. The average molecular weight is 303 g/mol. The van der Waals surface area contributed by atoms with Crippen molar-refractivity contribution in [3.05, 3.63) is 34.0 Å². The van der Waals surface area contributed by atoms with Crippen LogP contribution in [0, 0.1) is 12.3 Å². The summed E-state index contributed by atoms with van der Waals surface area (Å²) < 4.78 is 0. The third kappa shape index (κ3) is 4.23. The van der Waals surface area contributed by atoms with Gasteiger partial charge in [0.05, 0.1) is 4.88 Å².